The van der Waals surface area contributed by atoms with Gasteiger partial charge in [-0.2, -0.15) is 0 Å². The molecule has 1 aromatic rings. The van der Waals surface area contributed by atoms with Crippen molar-refractivity contribution in [1.82, 2.24) is 4.90 Å². The van der Waals surface area contributed by atoms with Crippen molar-refractivity contribution in [3.8, 4) is 0 Å². The maximum Gasteiger partial charge on any atom is 0.317 e. The molecule has 0 aliphatic heterocycles. The molecule has 17 heavy (non-hydrogen) atoms. The van der Waals surface area contributed by atoms with Gasteiger partial charge in [-0.15, -0.1) is 0 Å². The summed E-state index contributed by atoms with van der Waals surface area (Å²) in [5.74, 6) is -2.43. The van der Waals surface area contributed by atoms with Crippen LogP contribution in [0.25, 0.3) is 0 Å². The second-order valence-corrected chi connectivity index (χ2v) is 3.77. The van der Waals surface area contributed by atoms with E-state index in [1.54, 1.807) is 0 Å². The third-order valence-corrected chi connectivity index (χ3v) is 2.21. The largest absolute Gasteiger partial charge is 0.480 e. The van der Waals surface area contributed by atoms with Crippen LogP contribution in [0, 0.1) is 11.6 Å². The van der Waals surface area contributed by atoms with E-state index in [1.807, 2.05) is 0 Å². The molecule has 6 heteroatoms. The van der Waals surface area contributed by atoms with Gasteiger partial charge in [0.05, 0.1) is 12.6 Å². The minimum absolute atomic E-state index is 0.0906. The van der Waals surface area contributed by atoms with Gasteiger partial charge in [0.2, 0.25) is 0 Å². The zero-order valence-corrected chi connectivity index (χ0v) is 9.23. The lowest BCUT2D eigenvalue weighted by molar-refractivity contribution is -0.138. The van der Waals surface area contributed by atoms with Gasteiger partial charge in [-0.1, -0.05) is 0 Å². The van der Waals surface area contributed by atoms with Crippen LogP contribution in [-0.4, -0.2) is 41.2 Å². The number of halogens is 2. The van der Waals surface area contributed by atoms with Crippen LogP contribution in [0.1, 0.15) is 11.7 Å². The van der Waals surface area contributed by atoms with Crippen molar-refractivity contribution in [2.45, 2.75) is 6.10 Å². The maximum absolute atomic E-state index is 13.3. The molecular weight excluding hydrogens is 232 g/mol. The quantitative estimate of drug-likeness (QED) is 0.813. The Balaban J connectivity index is 2.72. The van der Waals surface area contributed by atoms with Crippen molar-refractivity contribution >= 4 is 5.97 Å². The number of nitrogens with zero attached hydrogens (tertiary/aromatic N) is 1. The minimum Gasteiger partial charge on any atom is -0.480 e. The number of carboxylic acid groups (broad SMARTS) is 1. The molecule has 0 aromatic heterocycles. The van der Waals surface area contributed by atoms with Crippen LogP contribution < -0.4 is 0 Å². The van der Waals surface area contributed by atoms with E-state index in [9.17, 15) is 18.7 Å². The van der Waals surface area contributed by atoms with E-state index in [2.05, 4.69) is 0 Å². The smallest absolute Gasteiger partial charge is 0.317 e. The van der Waals surface area contributed by atoms with Gasteiger partial charge in [0.25, 0.3) is 0 Å². The molecule has 0 saturated carbocycles. The van der Waals surface area contributed by atoms with Gasteiger partial charge in [0.15, 0.2) is 0 Å². The fraction of sp³-hybridized carbons (Fsp3) is 0.364. The van der Waals surface area contributed by atoms with Crippen molar-refractivity contribution < 1.29 is 23.8 Å². The highest BCUT2D eigenvalue weighted by atomic mass is 19.1. The van der Waals surface area contributed by atoms with Crippen molar-refractivity contribution in [2.24, 2.45) is 0 Å². The zero-order chi connectivity index (χ0) is 13.0. The average molecular weight is 245 g/mol. The van der Waals surface area contributed by atoms with Crippen LogP contribution in [0.5, 0.6) is 0 Å². The number of likely N-dealkylation sites (N-methyl/N-ethyl adjacent to an activating group) is 1. The highest BCUT2D eigenvalue weighted by Gasteiger charge is 2.16. The van der Waals surface area contributed by atoms with Gasteiger partial charge in [-0.05, 0) is 25.2 Å². The number of hydrogen-bond donors (Lipinski definition) is 2. The molecule has 0 aliphatic carbocycles. The van der Waals surface area contributed by atoms with Crippen LogP contribution in [0.2, 0.25) is 0 Å². The molecule has 1 unspecified atom stereocenters. The highest BCUT2D eigenvalue weighted by molar-refractivity contribution is 5.69. The summed E-state index contributed by atoms with van der Waals surface area (Å²) in [6.45, 7) is -0.374. The molecule has 1 rings (SSSR count). The molecule has 0 amide bonds. The lowest BCUT2D eigenvalue weighted by Crippen LogP contribution is -2.30. The molecule has 2 N–H and O–H groups in total. The third kappa shape index (κ3) is 4.08. The minimum atomic E-state index is -1.27. The number of hydrogen-bond acceptors (Lipinski definition) is 3. The molecule has 0 spiro atoms. The standard InChI is InChI=1S/C11H13F2NO3/c1-14(6-11(16)17)5-10(15)8-4-7(12)2-3-9(8)13/h2-4,10,15H,5-6H2,1H3,(H,16,17). The molecule has 0 saturated heterocycles. The molecule has 4 nitrogen and oxygen atoms in total. The second-order valence-electron chi connectivity index (χ2n) is 3.77. The summed E-state index contributed by atoms with van der Waals surface area (Å²) in [6.07, 6.45) is -1.27. The first-order chi connectivity index (χ1) is 7.90. The number of aliphatic hydroxyl groups is 1. The molecule has 0 bridgehead atoms. The normalized spacial score (nSPS) is 12.8. The van der Waals surface area contributed by atoms with E-state index in [1.165, 1.54) is 11.9 Å². The fourth-order valence-corrected chi connectivity index (χ4v) is 1.46. The molecule has 0 fully saturated rings. The summed E-state index contributed by atoms with van der Waals surface area (Å²) in [7, 11) is 1.47. The van der Waals surface area contributed by atoms with Crippen LogP contribution in [0.15, 0.2) is 18.2 Å². The molecule has 1 atom stereocenters. The predicted molar refractivity (Wildman–Crippen MR) is 56.5 cm³/mol. The third-order valence-electron chi connectivity index (χ3n) is 2.21. The van der Waals surface area contributed by atoms with E-state index >= 15 is 0 Å². The van der Waals surface area contributed by atoms with E-state index in [0.29, 0.717) is 0 Å². The number of carboxylic acids is 1. The van der Waals surface area contributed by atoms with Crippen LogP contribution in [0.3, 0.4) is 0 Å². The van der Waals surface area contributed by atoms with Gasteiger partial charge in [0.1, 0.15) is 11.6 Å². The van der Waals surface area contributed by atoms with Crippen molar-refractivity contribution in [1.29, 1.82) is 0 Å². The maximum atomic E-state index is 13.3. The molecule has 0 aliphatic rings. The van der Waals surface area contributed by atoms with E-state index < -0.39 is 23.7 Å². The second kappa shape index (κ2) is 5.70. The van der Waals surface area contributed by atoms with E-state index in [0.717, 1.165) is 18.2 Å². The summed E-state index contributed by atoms with van der Waals surface area (Å²) in [5.41, 5.74) is -0.178. The number of aliphatic carboxylic acids is 1. The number of aliphatic hydroxyl groups excluding tert-OH is 1. The first-order valence-corrected chi connectivity index (χ1v) is 4.93. The first kappa shape index (κ1) is 13.5. The van der Waals surface area contributed by atoms with E-state index in [-0.39, 0.29) is 18.7 Å². The molecule has 0 radical (unpaired) electrons. The van der Waals surface area contributed by atoms with Crippen LogP contribution in [-0.2, 0) is 4.79 Å². The van der Waals surface area contributed by atoms with Crippen LogP contribution >= 0.6 is 0 Å². The summed E-state index contributed by atoms with van der Waals surface area (Å²) in [6, 6.07) is 2.77. The Labute approximate surface area is 97.1 Å². The fourth-order valence-electron chi connectivity index (χ4n) is 1.46. The Bertz CT molecular complexity index is 412. The van der Waals surface area contributed by atoms with Gasteiger partial charge >= 0.3 is 5.97 Å². The molecule has 0 heterocycles. The van der Waals surface area contributed by atoms with Gasteiger partial charge in [0, 0.05) is 12.1 Å². The Morgan fingerprint density at radius 1 is 1.47 bits per heavy atom. The summed E-state index contributed by atoms with van der Waals surface area (Å²) in [5, 5.41) is 18.2. The Kier molecular flexibility index (Phi) is 4.53. The van der Waals surface area contributed by atoms with Crippen molar-refractivity contribution in [2.75, 3.05) is 20.1 Å². The van der Waals surface area contributed by atoms with Crippen molar-refractivity contribution in [3.63, 3.8) is 0 Å². The SMILES string of the molecule is CN(CC(=O)O)CC(O)c1cc(F)ccc1F. The molecule has 1 aromatic carbocycles. The molecular formula is C11H13F2NO3. The van der Waals surface area contributed by atoms with Gasteiger partial charge < -0.3 is 10.2 Å². The predicted octanol–water partition coefficient (Wildman–Crippen LogP) is 1.01. The average Bonchev–Trinajstić information content (AvgIpc) is 2.20. The Morgan fingerprint density at radius 3 is 2.71 bits per heavy atom. The first-order valence-electron chi connectivity index (χ1n) is 4.93. The summed E-state index contributed by atoms with van der Waals surface area (Å²) in [4.78, 5) is 11.7. The number of carbonyl (C=O) groups is 1. The summed E-state index contributed by atoms with van der Waals surface area (Å²) < 4.78 is 26.1. The monoisotopic (exact) mass is 245 g/mol. The van der Waals surface area contributed by atoms with Gasteiger partial charge in [-0.25, -0.2) is 8.78 Å². The Hall–Kier alpha value is -1.53. The van der Waals surface area contributed by atoms with Gasteiger partial charge in [-0.3, -0.25) is 9.69 Å². The number of rotatable bonds is 5. The summed E-state index contributed by atoms with van der Waals surface area (Å²) >= 11 is 0. The van der Waals surface area contributed by atoms with E-state index in [4.69, 9.17) is 5.11 Å². The zero-order valence-electron chi connectivity index (χ0n) is 9.23. The lowest BCUT2D eigenvalue weighted by Gasteiger charge is -2.19. The Morgan fingerprint density at radius 2 is 2.12 bits per heavy atom. The highest BCUT2D eigenvalue weighted by Crippen LogP contribution is 2.18. The van der Waals surface area contributed by atoms with Crippen molar-refractivity contribution in [3.05, 3.63) is 35.4 Å². The topological polar surface area (TPSA) is 60.8 Å². The lowest BCUT2D eigenvalue weighted by atomic mass is 10.1. The molecule has 94 valence electrons. The number of benzene rings is 1. The van der Waals surface area contributed by atoms with Crippen LogP contribution in [0.4, 0.5) is 8.78 Å².